The highest BCUT2D eigenvalue weighted by Crippen LogP contribution is 2.17. The molecule has 2 aromatic carbocycles. The lowest BCUT2D eigenvalue weighted by Gasteiger charge is -2.10. The lowest BCUT2D eigenvalue weighted by atomic mass is 10.2. The molecular weight excluding hydrogens is 290 g/mol. The topological polar surface area (TPSA) is 78.6 Å². The second-order valence-electron chi connectivity index (χ2n) is 4.48. The summed E-state index contributed by atoms with van der Waals surface area (Å²) in [5.74, 6) is 1.39. The quantitative estimate of drug-likeness (QED) is 0.829. The molecule has 0 aromatic heterocycles. The Labute approximate surface area is 124 Å². The lowest BCUT2D eigenvalue weighted by molar-refractivity contribution is 0.216. The van der Waals surface area contributed by atoms with Gasteiger partial charge in [0, 0.05) is 0 Å². The molecule has 0 atom stereocenters. The molecular formula is C15H17NO4S. The summed E-state index contributed by atoms with van der Waals surface area (Å²) in [7, 11) is -3.67. The van der Waals surface area contributed by atoms with Crippen LogP contribution in [-0.4, -0.2) is 21.6 Å². The summed E-state index contributed by atoms with van der Waals surface area (Å²) in [6, 6.07) is 13.7. The van der Waals surface area contributed by atoms with E-state index < -0.39 is 10.0 Å². The number of hydrogen-bond acceptors (Lipinski definition) is 4. The minimum atomic E-state index is -3.67. The standard InChI is InChI=1S/C15H17NO4S/c1-12-4-2-3-5-15(12)20-11-10-19-13-6-8-14(9-7-13)21(16,17)18/h2-9H,10-11H2,1H3,(H2,16,17,18). The summed E-state index contributed by atoms with van der Waals surface area (Å²) in [4.78, 5) is 0.0611. The molecule has 0 saturated carbocycles. The van der Waals surface area contributed by atoms with Gasteiger partial charge in [0.05, 0.1) is 4.90 Å². The molecule has 0 spiro atoms. The van der Waals surface area contributed by atoms with Crippen LogP contribution >= 0.6 is 0 Å². The molecule has 5 nitrogen and oxygen atoms in total. The zero-order chi connectivity index (χ0) is 15.3. The van der Waals surface area contributed by atoms with Crippen LogP contribution in [0, 0.1) is 6.92 Å². The van der Waals surface area contributed by atoms with E-state index in [1.165, 1.54) is 12.1 Å². The van der Waals surface area contributed by atoms with Gasteiger partial charge < -0.3 is 9.47 Å². The number of hydrogen-bond donors (Lipinski definition) is 1. The zero-order valence-electron chi connectivity index (χ0n) is 11.7. The van der Waals surface area contributed by atoms with Gasteiger partial charge in [-0.1, -0.05) is 18.2 Å². The molecule has 2 N–H and O–H groups in total. The normalized spacial score (nSPS) is 11.1. The van der Waals surface area contributed by atoms with Crippen LogP contribution in [0.25, 0.3) is 0 Å². The summed E-state index contributed by atoms with van der Waals surface area (Å²) in [5.41, 5.74) is 1.06. The van der Waals surface area contributed by atoms with Crippen LogP contribution in [0.1, 0.15) is 5.56 Å². The molecule has 0 bridgehead atoms. The predicted molar refractivity (Wildman–Crippen MR) is 80.0 cm³/mol. The van der Waals surface area contributed by atoms with Gasteiger partial charge in [0.1, 0.15) is 24.7 Å². The zero-order valence-corrected chi connectivity index (χ0v) is 12.5. The smallest absolute Gasteiger partial charge is 0.238 e. The second kappa shape index (κ2) is 6.60. The Balaban J connectivity index is 1.83. The van der Waals surface area contributed by atoms with E-state index in [-0.39, 0.29) is 4.90 Å². The molecule has 6 heteroatoms. The van der Waals surface area contributed by atoms with Gasteiger partial charge in [-0.2, -0.15) is 0 Å². The molecule has 0 radical (unpaired) electrons. The number of primary sulfonamides is 1. The van der Waals surface area contributed by atoms with E-state index in [9.17, 15) is 8.42 Å². The molecule has 0 heterocycles. The van der Waals surface area contributed by atoms with E-state index >= 15 is 0 Å². The number of benzene rings is 2. The van der Waals surface area contributed by atoms with Crippen LogP contribution in [0.3, 0.4) is 0 Å². The Kier molecular flexibility index (Phi) is 4.82. The first-order chi connectivity index (χ1) is 9.97. The number of rotatable bonds is 6. The summed E-state index contributed by atoms with van der Waals surface area (Å²) in [6.45, 7) is 2.74. The highest BCUT2D eigenvalue weighted by molar-refractivity contribution is 7.89. The van der Waals surface area contributed by atoms with Crippen molar-refractivity contribution in [3.05, 3.63) is 54.1 Å². The van der Waals surface area contributed by atoms with E-state index in [0.717, 1.165) is 11.3 Å². The van der Waals surface area contributed by atoms with Crippen LogP contribution in [0.2, 0.25) is 0 Å². The maximum atomic E-state index is 11.1. The summed E-state index contributed by atoms with van der Waals surface area (Å²) < 4.78 is 33.3. The molecule has 0 amide bonds. The Morgan fingerprint density at radius 1 is 0.952 bits per heavy atom. The first-order valence-corrected chi connectivity index (χ1v) is 7.95. The first kappa shape index (κ1) is 15.3. The van der Waals surface area contributed by atoms with Gasteiger partial charge in [-0.25, -0.2) is 13.6 Å². The van der Waals surface area contributed by atoms with Gasteiger partial charge >= 0.3 is 0 Å². The summed E-state index contributed by atoms with van der Waals surface area (Å²) in [6.07, 6.45) is 0. The van der Waals surface area contributed by atoms with Crippen molar-refractivity contribution in [2.75, 3.05) is 13.2 Å². The Bertz CT molecular complexity index is 696. The lowest BCUT2D eigenvalue weighted by Crippen LogP contribution is -2.12. The van der Waals surface area contributed by atoms with Crippen LogP contribution in [0.15, 0.2) is 53.4 Å². The fourth-order valence-corrected chi connectivity index (χ4v) is 2.27. The first-order valence-electron chi connectivity index (χ1n) is 6.41. The molecule has 0 aliphatic carbocycles. The van der Waals surface area contributed by atoms with Crippen LogP contribution in [0.4, 0.5) is 0 Å². The fraction of sp³-hybridized carbons (Fsp3) is 0.200. The van der Waals surface area contributed by atoms with Crippen LogP contribution in [-0.2, 0) is 10.0 Å². The van der Waals surface area contributed by atoms with Crippen molar-refractivity contribution in [3.63, 3.8) is 0 Å². The minimum Gasteiger partial charge on any atom is -0.490 e. The van der Waals surface area contributed by atoms with Crippen molar-refractivity contribution < 1.29 is 17.9 Å². The van der Waals surface area contributed by atoms with Crippen molar-refractivity contribution in [1.29, 1.82) is 0 Å². The summed E-state index contributed by atoms with van der Waals surface area (Å²) >= 11 is 0. The number of nitrogens with two attached hydrogens (primary N) is 1. The van der Waals surface area contributed by atoms with E-state index in [4.69, 9.17) is 14.6 Å². The number of para-hydroxylation sites is 1. The highest BCUT2D eigenvalue weighted by Gasteiger charge is 2.06. The Morgan fingerprint density at radius 2 is 1.57 bits per heavy atom. The number of aryl methyl sites for hydroxylation is 1. The summed E-state index contributed by atoms with van der Waals surface area (Å²) in [5, 5.41) is 5.02. The average Bonchev–Trinajstić information content (AvgIpc) is 2.45. The van der Waals surface area contributed by atoms with E-state index in [1.807, 2.05) is 31.2 Å². The van der Waals surface area contributed by atoms with Crippen LogP contribution < -0.4 is 14.6 Å². The molecule has 112 valence electrons. The second-order valence-corrected chi connectivity index (χ2v) is 6.04. The Hall–Kier alpha value is -2.05. The van der Waals surface area contributed by atoms with Gasteiger partial charge in [0.2, 0.25) is 10.0 Å². The van der Waals surface area contributed by atoms with Gasteiger partial charge in [0.15, 0.2) is 0 Å². The third kappa shape index (κ3) is 4.47. The average molecular weight is 307 g/mol. The molecule has 0 aliphatic heterocycles. The molecule has 2 aromatic rings. The van der Waals surface area contributed by atoms with Crippen molar-refractivity contribution in [1.82, 2.24) is 0 Å². The van der Waals surface area contributed by atoms with Crippen LogP contribution in [0.5, 0.6) is 11.5 Å². The Morgan fingerprint density at radius 3 is 2.19 bits per heavy atom. The largest absolute Gasteiger partial charge is 0.490 e. The van der Waals surface area contributed by atoms with Crippen molar-refractivity contribution >= 4 is 10.0 Å². The molecule has 0 unspecified atom stereocenters. The van der Waals surface area contributed by atoms with E-state index in [2.05, 4.69) is 0 Å². The fourth-order valence-electron chi connectivity index (χ4n) is 1.76. The molecule has 0 fully saturated rings. The maximum Gasteiger partial charge on any atom is 0.238 e. The molecule has 21 heavy (non-hydrogen) atoms. The van der Waals surface area contributed by atoms with E-state index in [0.29, 0.717) is 19.0 Å². The van der Waals surface area contributed by atoms with E-state index in [1.54, 1.807) is 12.1 Å². The third-order valence-electron chi connectivity index (χ3n) is 2.86. The number of sulfonamides is 1. The third-order valence-corrected chi connectivity index (χ3v) is 3.78. The van der Waals surface area contributed by atoms with Gasteiger partial charge in [-0.05, 0) is 42.8 Å². The van der Waals surface area contributed by atoms with Crippen molar-refractivity contribution in [2.45, 2.75) is 11.8 Å². The predicted octanol–water partition coefficient (Wildman–Crippen LogP) is 2.10. The van der Waals surface area contributed by atoms with Crippen molar-refractivity contribution in [2.24, 2.45) is 5.14 Å². The van der Waals surface area contributed by atoms with Gasteiger partial charge in [-0.15, -0.1) is 0 Å². The SMILES string of the molecule is Cc1ccccc1OCCOc1ccc(S(N)(=O)=O)cc1. The molecule has 2 rings (SSSR count). The monoisotopic (exact) mass is 307 g/mol. The van der Waals surface area contributed by atoms with Gasteiger partial charge in [0.25, 0.3) is 0 Å². The minimum absolute atomic E-state index is 0.0611. The highest BCUT2D eigenvalue weighted by atomic mass is 32.2. The van der Waals surface area contributed by atoms with Crippen molar-refractivity contribution in [3.8, 4) is 11.5 Å². The molecule has 0 aliphatic rings. The number of ether oxygens (including phenoxy) is 2. The maximum absolute atomic E-state index is 11.1. The van der Waals surface area contributed by atoms with Gasteiger partial charge in [-0.3, -0.25) is 0 Å². The molecule has 0 saturated heterocycles.